The average molecular weight is 984 g/mol. The van der Waals surface area contributed by atoms with Crippen LogP contribution in [0.3, 0.4) is 0 Å². The molecule has 352 valence electrons. The van der Waals surface area contributed by atoms with Gasteiger partial charge in [-0.15, -0.1) is 0 Å². The van der Waals surface area contributed by atoms with E-state index in [1.807, 2.05) is 54.6 Å². The van der Waals surface area contributed by atoms with Crippen molar-refractivity contribution in [1.29, 1.82) is 0 Å². The summed E-state index contributed by atoms with van der Waals surface area (Å²) in [7, 11) is 1.34. The first-order chi connectivity index (χ1) is 29.7. The Bertz CT molecular complexity index is 2410. The van der Waals surface area contributed by atoms with E-state index in [1.54, 1.807) is 32.0 Å². The van der Waals surface area contributed by atoms with Crippen LogP contribution in [0.15, 0.2) is 82.8 Å². The molecule has 16 heteroatoms. The van der Waals surface area contributed by atoms with Gasteiger partial charge in [-0.2, -0.15) is 0 Å². The van der Waals surface area contributed by atoms with Gasteiger partial charge in [0.15, 0.2) is 11.1 Å². The Morgan fingerprint density at radius 1 is 0.667 bits per heavy atom. The summed E-state index contributed by atoms with van der Waals surface area (Å²) in [6, 6.07) is 22.4. The van der Waals surface area contributed by atoms with Gasteiger partial charge >= 0.3 is 29.0 Å². The molecule has 5 heterocycles. The number of ether oxygens (including phenoxy) is 8. The maximum absolute atomic E-state index is 12.1. The van der Waals surface area contributed by atoms with Crippen LogP contribution in [0.4, 0.5) is 0 Å². The van der Waals surface area contributed by atoms with Crippen molar-refractivity contribution in [3.05, 3.63) is 114 Å². The molecule has 1 fully saturated rings. The van der Waals surface area contributed by atoms with E-state index in [2.05, 4.69) is 46.5 Å². The van der Waals surface area contributed by atoms with E-state index < -0.39 is 22.6 Å². The fraction of sp³-hybridized carbons (Fsp3) is 0.440. The molecule has 66 heavy (non-hydrogen) atoms. The summed E-state index contributed by atoms with van der Waals surface area (Å²) >= 11 is 0. The fourth-order valence-corrected chi connectivity index (χ4v) is 7.58. The van der Waals surface area contributed by atoms with E-state index in [0.29, 0.717) is 53.1 Å². The van der Waals surface area contributed by atoms with Gasteiger partial charge in [-0.05, 0) is 110 Å². The molecule has 4 aromatic rings. The van der Waals surface area contributed by atoms with Crippen LogP contribution in [0, 0.1) is 18.3 Å². The van der Waals surface area contributed by atoms with Gasteiger partial charge in [-0.1, -0.05) is 47.6 Å². The van der Waals surface area contributed by atoms with E-state index in [9.17, 15) is 9.90 Å². The van der Waals surface area contributed by atoms with Crippen LogP contribution in [0.25, 0.3) is 0 Å². The van der Waals surface area contributed by atoms with Crippen molar-refractivity contribution < 1.29 is 64.8 Å². The second-order valence-corrected chi connectivity index (χ2v) is 19.2. The maximum Gasteiger partial charge on any atom is 2.00 e. The Balaban J connectivity index is 0.000000250. The largest absolute Gasteiger partial charge is 2.00 e. The minimum Gasteiger partial charge on any atom is -1.00 e. The number of nitrogens with zero attached hydrogens (tertiary/aromatic N) is 2. The van der Waals surface area contributed by atoms with Crippen molar-refractivity contribution >= 4 is 41.1 Å². The van der Waals surface area contributed by atoms with Gasteiger partial charge in [0.05, 0.1) is 31.5 Å². The zero-order chi connectivity index (χ0) is 45.4. The number of benzene rings is 4. The van der Waals surface area contributed by atoms with Crippen molar-refractivity contribution in [2.45, 2.75) is 84.9 Å². The number of aliphatic hydroxyl groups is 1. The predicted octanol–water partition coefficient (Wildman–Crippen LogP) is 5.50. The van der Waals surface area contributed by atoms with Crippen molar-refractivity contribution in [3.8, 4) is 34.5 Å². The van der Waals surface area contributed by atoms with E-state index >= 15 is 0 Å². The Morgan fingerprint density at radius 3 is 1.44 bits per heavy atom. The molecular weight excluding hydrogens is 921 g/mol. The molecule has 0 saturated carbocycles. The van der Waals surface area contributed by atoms with Crippen LogP contribution in [-0.4, -0.2) is 92.9 Å². The smallest absolute Gasteiger partial charge is 1.00 e. The number of nitrogens with two attached hydrogens (primary N) is 2. The molecule has 5 N–H and O–H groups in total. The van der Waals surface area contributed by atoms with Gasteiger partial charge in [0, 0.05) is 35.5 Å². The minimum atomic E-state index is -0.997. The van der Waals surface area contributed by atoms with Crippen LogP contribution in [-0.2, 0) is 35.6 Å². The molecule has 9 rings (SSSR count). The number of aliphatic imine (C=N–C) groups is 2. The molecule has 0 aromatic heterocycles. The third-order valence-electron chi connectivity index (χ3n) is 10.8. The van der Waals surface area contributed by atoms with Gasteiger partial charge in [0.1, 0.15) is 47.7 Å². The van der Waals surface area contributed by atoms with Crippen LogP contribution in [0.1, 0.15) is 106 Å². The summed E-state index contributed by atoms with van der Waals surface area (Å²) in [6.07, 6.45) is 2.56. The number of rotatable bonds is 6. The third-order valence-corrected chi connectivity index (χ3v) is 10.8. The van der Waals surface area contributed by atoms with E-state index in [4.69, 9.17) is 54.4 Å². The number of esters is 1. The Hall–Kier alpha value is -4.74. The van der Waals surface area contributed by atoms with Gasteiger partial charge in [-0.3, -0.25) is 0 Å². The number of hydrogen-bond acceptors (Lipinski definition) is 14. The van der Waals surface area contributed by atoms with Crippen molar-refractivity contribution in [2.24, 2.45) is 32.3 Å². The van der Waals surface area contributed by atoms with Gasteiger partial charge in [0.2, 0.25) is 0 Å². The molecule has 0 unspecified atom stereocenters. The van der Waals surface area contributed by atoms with Crippen LogP contribution in [0.5, 0.6) is 34.5 Å². The van der Waals surface area contributed by atoms with Crippen LogP contribution < -0.4 is 47.4 Å². The molecular formula is C50H63BrMgN4O10. The molecule has 0 amide bonds. The molecule has 0 aliphatic carbocycles. The monoisotopic (exact) mass is 982 g/mol. The number of carbonyl (C=O) groups excluding carboxylic acids is 1. The first-order valence-corrected chi connectivity index (χ1v) is 21.2. The van der Waals surface area contributed by atoms with E-state index in [0.717, 1.165) is 41.2 Å². The number of methoxy groups -OCH3 is 1. The standard InChI is InChI=1S/C23H28N2O4.C22H24N2O5.C4H8O.CH3.BrH.Mg/c1-21(2,3)12-27-15-7-9-19-17(11-15)23(13-28-20(24)25-23)16-10-14(22(4,5)26)6-8-18(16)29-19;1-21(2,3)11-27-14-6-8-18-16(10-14)22(12-28-20(23)24-22)15-9-13(19(25)26-4)5-7-17(15)29-18;1-2-4-5-3-1;;;/h6-11,26H,12-13H2,1-5H3,(H2,24,25);5-10H,11-12H2,1-4H3,(H2,23,24);1-4H2;1H3;1H;/q;;;-1;;+2/p-1/t23-;22-;;;;/m00..../s1. The molecule has 0 radical (unpaired) electrons. The average Bonchev–Trinajstić information content (AvgIpc) is 4.03. The molecule has 5 aliphatic heterocycles. The summed E-state index contributed by atoms with van der Waals surface area (Å²) < 4.78 is 45.2. The first kappa shape index (κ1) is 53.9. The van der Waals surface area contributed by atoms with Crippen LogP contribution in [0.2, 0.25) is 0 Å². The van der Waals surface area contributed by atoms with Crippen molar-refractivity contribution in [1.82, 2.24) is 0 Å². The maximum atomic E-state index is 12.1. The fourth-order valence-electron chi connectivity index (χ4n) is 7.58. The number of fused-ring (bicyclic) bond motifs is 8. The summed E-state index contributed by atoms with van der Waals surface area (Å²) in [6.45, 7) is 19.8. The topological polar surface area (TPSA) is 188 Å². The molecule has 2 spiro atoms. The number of amidine groups is 2. The van der Waals surface area contributed by atoms with Crippen molar-refractivity contribution in [2.75, 3.05) is 46.8 Å². The first-order valence-electron chi connectivity index (χ1n) is 21.2. The van der Waals surface area contributed by atoms with E-state index in [-0.39, 0.29) is 83.5 Å². The quantitative estimate of drug-likeness (QED) is 0.125. The number of halogens is 1. The van der Waals surface area contributed by atoms with E-state index in [1.165, 1.54) is 20.0 Å². The summed E-state index contributed by atoms with van der Waals surface area (Å²) in [5, 5.41) is 10.5. The van der Waals surface area contributed by atoms with Crippen molar-refractivity contribution in [3.63, 3.8) is 0 Å². The molecule has 0 bridgehead atoms. The predicted molar refractivity (Wildman–Crippen MR) is 251 cm³/mol. The molecule has 4 aromatic carbocycles. The zero-order valence-electron chi connectivity index (χ0n) is 39.8. The normalized spacial score (nSPS) is 19.4. The van der Waals surface area contributed by atoms with Crippen LogP contribution >= 0.6 is 0 Å². The minimum absolute atomic E-state index is 0. The summed E-state index contributed by atoms with van der Waals surface area (Å²) in [4.78, 5) is 21.4. The number of carbonyl (C=O) groups is 1. The Morgan fingerprint density at radius 2 is 1.08 bits per heavy atom. The molecule has 1 saturated heterocycles. The SMILES string of the molecule is C1CCOC1.CC(C)(C)COc1ccc2c(c1)[C@]1(COC(N)=N1)c1cc(C(C)(C)O)ccc1O2.COC(=O)c1ccc2c(c1)[C@@]1(COC(N)=N1)c1cc(OCC(C)(C)C)ccc1O2.[Br-].[CH3-].[Mg+2]. The number of hydrogen-bond donors (Lipinski definition) is 3. The third kappa shape index (κ3) is 11.9. The molecule has 14 nitrogen and oxygen atoms in total. The second-order valence-electron chi connectivity index (χ2n) is 19.2. The Kier molecular flexibility index (Phi) is 17.2. The van der Waals surface area contributed by atoms with Gasteiger partial charge in [0.25, 0.3) is 12.0 Å². The summed E-state index contributed by atoms with van der Waals surface area (Å²) in [5.41, 5.74) is 13.4. The zero-order valence-corrected chi connectivity index (χ0v) is 42.8. The van der Waals surface area contributed by atoms with Gasteiger partial charge < -0.3 is 78.9 Å². The molecule has 2 atom stereocenters. The summed E-state index contributed by atoms with van der Waals surface area (Å²) in [5.74, 6) is 3.62. The van der Waals surface area contributed by atoms with Gasteiger partial charge in [-0.25, -0.2) is 14.8 Å². The second kappa shape index (κ2) is 21.0. The Labute approximate surface area is 415 Å². The molecule has 5 aliphatic rings.